The van der Waals surface area contributed by atoms with Crippen LogP contribution in [-0.4, -0.2) is 18.2 Å². The van der Waals surface area contributed by atoms with Gasteiger partial charge < -0.3 is 14.2 Å². The van der Waals surface area contributed by atoms with E-state index in [1.165, 1.54) is 14.7 Å². The summed E-state index contributed by atoms with van der Waals surface area (Å²) in [5, 5.41) is 0. The summed E-state index contributed by atoms with van der Waals surface area (Å²) in [6.45, 7) is 6.03. The fourth-order valence-corrected chi connectivity index (χ4v) is 7.20. The molecule has 0 N–H and O–H groups in total. The number of carbonyl (C=O) groups is 1. The van der Waals surface area contributed by atoms with Gasteiger partial charge in [0.25, 0.3) is 0 Å². The average Bonchev–Trinajstić information content (AvgIpc) is 3.22. The first kappa shape index (κ1) is 21.9. The van der Waals surface area contributed by atoms with Gasteiger partial charge in [0.15, 0.2) is 23.0 Å². The van der Waals surface area contributed by atoms with E-state index in [9.17, 15) is 4.79 Å². The molecule has 0 saturated heterocycles. The van der Waals surface area contributed by atoms with E-state index < -0.39 is 0 Å². The van der Waals surface area contributed by atoms with Gasteiger partial charge in [-0.3, -0.25) is 0 Å². The fraction of sp³-hybridized carbons (Fsp3) is 0.321. The number of hydrogen-bond acceptors (Lipinski definition) is 4. The van der Waals surface area contributed by atoms with E-state index in [1.807, 2.05) is 45.0 Å². The van der Waals surface area contributed by atoms with Gasteiger partial charge in [-0.1, -0.05) is 24.3 Å². The zero-order valence-corrected chi connectivity index (χ0v) is 20.2. The molecule has 2 aliphatic rings. The van der Waals surface area contributed by atoms with Crippen molar-refractivity contribution in [1.82, 2.24) is 0 Å². The van der Waals surface area contributed by atoms with Gasteiger partial charge in [-0.05, 0) is 81.8 Å². The Hall–Kier alpha value is -2.92. The Balaban J connectivity index is 1.41. The molecule has 0 atom stereocenters. The van der Waals surface area contributed by atoms with Crippen molar-refractivity contribution in [3.63, 3.8) is 0 Å². The molecule has 0 amide bonds. The predicted octanol–water partition coefficient (Wildman–Crippen LogP) is 6.76. The monoisotopic (exact) mass is 461 g/mol. The third-order valence-corrected chi connectivity index (χ3v) is 8.64. The van der Waals surface area contributed by atoms with Crippen LogP contribution < -0.4 is 9.47 Å². The van der Waals surface area contributed by atoms with Gasteiger partial charge in [0.1, 0.15) is 22.2 Å². The van der Waals surface area contributed by atoms with Gasteiger partial charge in [-0.25, -0.2) is 4.79 Å². The molecule has 3 aromatic rings. The molecule has 1 fully saturated rings. The summed E-state index contributed by atoms with van der Waals surface area (Å²) < 4.78 is 17.9. The molecule has 0 radical (unpaired) electrons. The van der Waals surface area contributed by atoms with Crippen LogP contribution in [0.4, 0.5) is 0 Å². The number of esters is 1. The molecule has 3 aromatic carbocycles. The maximum atomic E-state index is 12.4. The van der Waals surface area contributed by atoms with Crippen LogP contribution in [0.1, 0.15) is 43.7 Å². The van der Waals surface area contributed by atoms with Crippen LogP contribution in [0.2, 0.25) is 0 Å². The van der Waals surface area contributed by atoms with E-state index in [0.717, 1.165) is 54.1 Å². The van der Waals surface area contributed by atoms with E-state index in [0.29, 0.717) is 0 Å². The summed E-state index contributed by atoms with van der Waals surface area (Å²) >= 11 is 0. The summed E-state index contributed by atoms with van der Waals surface area (Å²) in [4.78, 5) is 16.0. The Kier molecular flexibility index (Phi) is 5.83. The Bertz CT molecular complexity index is 1130. The standard InChI is InChI=1S/C28H29O4S/c1-19-16-21(17-20(2)27(19)30-18-26(29)32-28(3)14-8-9-15-28)33-24-12-6-4-10-22(24)31-23-11-5-7-13-25(23)33/h4-7,10-13,16-17H,8-9,14-15,18H2,1-3H3/q+1. The van der Waals surface area contributed by atoms with Crippen molar-refractivity contribution >= 4 is 16.9 Å². The molecule has 33 heavy (non-hydrogen) atoms. The Morgan fingerprint density at radius 3 is 2.06 bits per heavy atom. The number of hydrogen-bond donors (Lipinski definition) is 0. The van der Waals surface area contributed by atoms with Gasteiger partial charge in [-0.15, -0.1) is 0 Å². The second-order valence-corrected chi connectivity index (χ2v) is 11.1. The highest BCUT2D eigenvalue weighted by Gasteiger charge is 2.39. The summed E-state index contributed by atoms with van der Waals surface area (Å²) in [5.41, 5.74) is 1.69. The predicted molar refractivity (Wildman–Crippen MR) is 129 cm³/mol. The normalized spacial score (nSPS) is 16.5. The third kappa shape index (κ3) is 4.34. The maximum absolute atomic E-state index is 12.4. The van der Waals surface area contributed by atoms with Crippen LogP contribution >= 0.6 is 0 Å². The lowest BCUT2D eigenvalue weighted by Crippen LogP contribution is -2.30. The Morgan fingerprint density at radius 2 is 1.48 bits per heavy atom. The van der Waals surface area contributed by atoms with Crippen LogP contribution in [0, 0.1) is 13.8 Å². The third-order valence-electron chi connectivity index (χ3n) is 6.38. The van der Waals surface area contributed by atoms with E-state index in [2.05, 4.69) is 36.4 Å². The molecule has 1 aliphatic heterocycles. The average molecular weight is 462 g/mol. The van der Waals surface area contributed by atoms with Crippen LogP contribution in [-0.2, 0) is 20.4 Å². The largest absolute Gasteiger partial charge is 0.481 e. The van der Waals surface area contributed by atoms with Crippen molar-refractivity contribution in [3.05, 3.63) is 71.8 Å². The second kappa shape index (κ2) is 8.79. The zero-order valence-electron chi connectivity index (χ0n) is 19.4. The lowest BCUT2D eigenvalue weighted by atomic mass is 10.1. The number of ether oxygens (including phenoxy) is 3. The van der Waals surface area contributed by atoms with Gasteiger partial charge in [0, 0.05) is 12.1 Å². The van der Waals surface area contributed by atoms with E-state index in [-0.39, 0.29) is 29.1 Å². The highest BCUT2D eigenvalue weighted by Crippen LogP contribution is 2.47. The molecule has 1 aliphatic carbocycles. The topological polar surface area (TPSA) is 44.8 Å². The first-order valence-electron chi connectivity index (χ1n) is 11.5. The summed E-state index contributed by atoms with van der Waals surface area (Å²) in [5.74, 6) is 2.26. The Morgan fingerprint density at radius 1 is 0.939 bits per heavy atom. The zero-order chi connectivity index (χ0) is 23.0. The number of carbonyl (C=O) groups excluding carboxylic acids is 1. The van der Waals surface area contributed by atoms with Crippen molar-refractivity contribution in [2.75, 3.05) is 6.61 Å². The van der Waals surface area contributed by atoms with E-state index in [1.54, 1.807) is 0 Å². The maximum Gasteiger partial charge on any atom is 0.344 e. The van der Waals surface area contributed by atoms with Gasteiger partial charge in [0.2, 0.25) is 9.79 Å². The molecule has 0 unspecified atom stereocenters. The lowest BCUT2D eigenvalue weighted by molar-refractivity contribution is -0.159. The summed E-state index contributed by atoms with van der Waals surface area (Å²) in [6.07, 6.45) is 4.09. The number of aryl methyl sites for hydroxylation is 2. The summed E-state index contributed by atoms with van der Waals surface area (Å²) in [6, 6.07) is 20.8. The molecule has 170 valence electrons. The first-order valence-corrected chi connectivity index (χ1v) is 12.7. The SMILES string of the molecule is Cc1cc([S+]2c3ccccc3Oc3ccccc32)cc(C)c1OCC(=O)OC1(C)CCCC1. The smallest absolute Gasteiger partial charge is 0.344 e. The van der Waals surface area contributed by atoms with Crippen molar-refractivity contribution in [3.8, 4) is 17.2 Å². The highest BCUT2D eigenvalue weighted by atomic mass is 32.2. The minimum atomic E-state index is -0.334. The van der Waals surface area contributed by atoms with E-state index in [4.69, 9.17) is 14.2 Å². The molecular weight excluding hydrogens is 432 g/mol. The molecule has 4 nitrogen and oxygen atoms in total. The first-order chi connectivity index (χ1) is 15.9. The molecule has 0 spiro atoms. The van der Waals surface area contributed by atoms with Gasteiger partial charge >= 0.3 is 5.97 Å². The molecular formula is C28H29O4S+. The lowest BCUT2D eigenvalue weighted by Gasteiger charge is -2.24. The fourth-order valence-electron chi connectivity index (χ4n) is 4.81. The molecule has 0 aromatic heterocycles. The van der Waals surface area contributed by atoms with E-state index >= 15 is 0 Å². The quantitative estimate of drug-likeness (QED) is 0.243. The Labute approximate surface area is 198 Å². The van der Waals surface area contributed by atoms with Crippen molar-refractivity contribution in [2.24, 2.45) is 0 Å². The highest BCUT2D eigenvalue weighted by molar-refractivity contribution is 7.97. The van der Waals surface area contributed by atoms with Gasteiger partial charge in [-0.2, -0.15) is 0 Å². The molecule has 1 saturated carbocycles. The summed E-state index contributed by atoms with van der Waals surface area (Å²) in [7, 11) is -0.281. The number of fused-ring (bicyclic) bond motifs is 2. The van der Waals surface area contributed by atoms with Crippen LogP contribution in [0.3, 0.4) is 0 Å². The van der Waals surface area contributed by atoms with Crippen LogP contribution in [0.15, 0.2) is 75.4 Å². The molecule has 5 rings (SSSR count). The number of para-hydroxylation sites is 2. The van der Waals surface area contributed by atoms with Gasteiger partial charge in [0.05, 0.1) is 0 Å². The minimum absolute atomic E-state index is 0.0676. The molecule has 1 heterocycles. The second-order valence-electron chi connectivity index (χ2n) is 9.11. The molecule has 0 bridgehead atoms. The molecule has 5 heteroatoms. The number of rotatable bonds is 5. The van der Waals surface area contributed by atoms with Crippen molar-refractivity contribution in [2.45, 2.75) is 66.7 Å². The van der Waals surface area contributed by atoms with Crippen molar-refractivity contribution < 1.29 is 19.0 Å². The number of benzene rings is 3. The van der Waals surface area contributed by atoms with Crippen LogP contribution in [0.5, 0.6) is 17.2 Å². The van der Waals surface area contributed by atoms with Crippen LogP contribution in [0.25, 0.3) is 0 Å². The van der Waals surface area contributed by atoms with Crippen molar-refractivity contribution in [1.29, 1.82) is 0 Å². The minimum Gasteiger partial charge on any atom is -0.481 e.